The Kier molecular flexibility index (Phi) is 2.61. The van der Waals surface area contributed by atoms with Crippen LogP contribution in [0.15, 0.2) is 12.1 Å². The van der Waals surface area contributed by atoms with Gasteiger partial charge in [0.1, 0.15) is 5.69 Å². The maximum atomic E-state index is 11.9. The van der Waals surface area contributed by atoms with Crippen LogP contribution in [0.2, 0.25) is 0 Å². The fraction of sp³-hybridized carbons (Fsp3) is 0.538. The highest BCUT2D eigenvalue weighted by Gasteiger charge is 2.30. The number of fused-ring (bicyclic) bond motifs is 4. The molecule has 1 aromatic rings. The lowest BCUT2D eigenvalue weighted by Gasteiger charge is -2.27. The van der Waals surface area contributed by atoms with Crippen molar-refractivity contribution in [3.05, 3.63) is 17.8 Å². The van der Waals surface area contributed by atoms with Crippen LogP contribution < -0.4 is 15.5 Å². The fourth-order valence-corrected chi connectivity index (χ4v) is 2.57. The second-order valence-corrected chi connectivity index (χ2v) is 5.27. The zero-order valence-corrected chi connectivity index (χ0v) is 10.7. The van der Waals surface area contributed by atoms with Crippen molar-refractivity contribution in [2.45, 2.75) is 32.4 Å². The molecule has 1 fully saturated rings. The predicted octanol–water partition coefficient (Wildman–Crippen LogP) is 1.22. The summed E-state index contributed by atoms with van der Waals surface area (Å²) in [7, 11) is 0. The zero-order valence-electron chi connectivity index (χ0n) is 10.7. The highest BCUT2D eigenvalue weighted by Crippen LogP contribution is 2.33. The second kappa shape index (κ2) is 4.15. The van der Waals surface area contributed by atoms with Crippen LogP contribution in [0.1, 0.15) is 30.8 Å². The van der Waals surface area contributed by atoms with Gasteiger partial charge in [-0.05, 0) is 32.4 Å². The lowest BCUT2D eigenvalue weighted by molar-refractivity contribution is 0.0938. The zero-order chi connectivity index (χ0) is 12.7. The van der Waals surface area contributed by atoms with Crippen LogP contribution in [0.3, 0.4) is 0 Å². The lowest BCUT2D eigenvalue weighted by atomic mass is 10.2. The molecule has 0 spiro atoms. The Balaban J connectivity index is 1.88. The molecule has 5 heteroatoms. The number of rotatable bonds is 2. The van der Waals surface area contributed by atoms with Crippen molar-refractivity contribution in [1.29, 1.82) is 0 Å². The van der Waals surface area contributed by atoms with E-state index in [1.165, 1.54) is 0 Å². The van der Waals surface area contributed by atoms with E-state index in [9.17, 15) is 4.79 Å². The van der Waals surface area contributed by atoms with Crippen molar-refractivity contribution in [1.82, 2.24) is 10.3 Å². The van der Waals surface area contributed by atoms with Gasteiger partial charge in [0, 0.05) is 25.2 Å². The van der Waals surface area contributed by atoms with Crippen molar-refractivity contribution >= 4 is 17.4 Å². The van der Waals surface area contributed by atoms with Gasteiger partial charge in [-0.3, -0.25) is 4.79 Å². The third kappa shape index (κ3) is 1.89. The molecule has 3 heterocycles. The first-order valence-corrected chi connectivity index (χ1v) is 6.47. The summed E-state index contributed by atoms with van der Waals surface area (Å²) < 4.78 is 0. The summed E-state index contributed by atoms with van der Waals surface area (Å²) in [6.45, 7) is 6.01. The number of amides is 1. The number of carbonyl (C=O) groups excluding carboxylic acids is 1. The first-order chi connectivity index (χ1) is 8.63. The molecule has 1 unspecified atom stereocenters. The van der Waals surface area contributed by atoms with Gasteiger partial charge in [-0.15, -0.1) is 0 Å². The van der Waals surface area contributed by atoms with Crippen molar-refractivity contribution < 1.29 is 4.79 Å². The molecule has 1 aromatic heterocycles. The first kappa shape index (κ1) is 11.3. The van der Waals surface area contributed by atoms with Gasteiger partial charge in [0.15, 0.2) is 5.82 Å². The van der Waals surface area contributed by atoms with Gasteiger partial charge in [-0.2, -0.15) is 0 Å². The normalized spacial score (nSPS) is 20.6. The Hall–Kier alpha value is -1.78. The SMILES string of the molecule is CC(C)NC(=O)c1ccc2c(n1)NC1CCN2C1. The van der Waals surface area contributed by atoms with Gasteiger partial charge in [-0.25, -0.2) is 4.98 Å². The first-order valence-electron chi connectivity index (χ1n) is 6.47. The Morgan fingerprint density at radius 3 is 3.17 bits per heavy atom. The third-order valence-corrected chi connectivity index (χ3v) is 3.40. The summed E-state index contributed by atoms with van der Waals surface area (Å²) in [5.41, 5.74) is 1.60. The number of nitrogens with one attached hydrogen (secondary N) is 2. The molecule has 3 rings (SSSR count). The summed E-state index contributed by atoms with van der Waals surface area (Å²) in [5, 5.41) is 6.27. The molecule has 0 aliphatic carbocycles. The summed E-state index contributed by atoms with van der Waals surface area (Å²) in [4.78, 5) is 18.7. The van der Waals surface area contributed by atoms with Crippen molar-refractivity contribution in [3.63, 3.8) is 0 Å². The highest BCUT2D eigenvalue weighted by molar-refractivity contribution is 5.93. The van der Waals surface area contributed by atoms with E-state index >= 15 is 0 Å². The summed E-state index contributed by atoms with van der Waals surface area (Å²) in [5.74, 6) is 0.739. The van der Waals surface area contributed by atoms with E-state index in [0.29, 0.717) is 11.7 Å². The number of aromatic nitrogens is 1. The van der Waals surface area contributed by atoms with Gasteiger partial charge >= 0.3 is 0 Å². The lowest BCUT2D eigenvalue weighted by Crippen LogP contribution is -2.34. The number of hydrogen-bond donors (Lipinski definition) is 2. The Labute approximate surface area is 107 Å². The second-order valence-electron chi connectivity index (χ2n) is 5.27. The van der Waals surface area contributed by atoms with Gasteiger partial charge in [0.25, 0.3) is 5.91 Å². The fourth-order valence-electron chi connectivity index (χ4n) is 2.57. The monoisotopic (exact) mass is 246 g/mol. The minimum Gasteiger partial charge on any atom is -0.366 e. The van der Waals surface area contributed by atoms with E-state index in [1.54, 1.807) is 6.07 Å². The van der Waals surface area contributed by atoms with E-state index in [2.05, 4.69) is 20.5 Å². The van der Waals surface area contributed by atoms with Crippen LogP contribution in [-0.2, 0) is 0 Å². The number of carbonyl (C=O) groups is 1. The molecule has 0 saturated carbocycles. The van der Waals surface area contributed by atoms with E-state index in [4.69, 9.17) is 0 Å². The maximum absolute atomic E-state index is 11.9. The predicted molar refractivity (Wildman–Crippen MR) is 71.1 cm³/mol. The van der Waals surface area contributed by atoms with Crippen LogP contribution in [0.5, 0.6) is 0 Å². The largest absolute Gasteiger partial charge is 0.366 e. The Morgan fingerprint density at radius 1 is 1.56 bits per heavy atom. The Bertz CT molecular complexity index is 486. The van der Waals surface area contributed by atoms with Gasteiger partial charge in [0.2, 0.25) is 0 Å². The average Bonchev–Trinajstić information content (AvgIpc) is 2.70. The molecule has 2 aliphatic heterocycles. The van der Waals surface area contributed by atoms with Gasteiger partial charge in [0.05, 0.1) is 5.69 Å². The summed E-state index contributed by atoms with van der Waals surface area (Å²) in [6, 6.07) is 4.40. The summed E-state index contributed by atoms with van der Waals surface area (Å²) >= 11 is 0. The van der Waals surface area contributed by atoms with Crippen molar-refractivity contribution in [2.24, 2.45) is 0 Å². The van der Waals surface area contributed by atoms with Crippen LogP contribution in [0.25, 0.3) is 0 Å². The highest BCUT2D eigenvalue weighted by atomic mass is 16.1. The molecule has 2 N–H and O–H groups in total. The molecule has 0 aromatic carbocycles. The van der Waals surface area contributed by atoms with E-state index < -0.39 is 0 Å². The van der Waals surface area contributed by atoms with Crippen LogP contribution >= 0.6 is 0 Å². The summed E-state index contributed by atoms with van der Waals surface area (Å²) in [6.07, 6.45) is 1.14. The Morgan fingerprint density at radius 2 is 2.39 bits per heavy atom. The number of pyridine rings is 1. The minimum absolute atomic E-state index is 0.109. The average molecular weight is 246 g/mol. The number of anilines is 2. The quantitative estimate of drug-likeness (QED) is 0.824. The molecular formula is C13H18N4O. The topological polar surface area (TPSA) is 57.3 Å². The minimum atomic E-state index is -0.109. The standard InChI is InChI=1S/C13H18N4O/c1-8(2)14-13(18)10-3-4-11-12(16-10)15-9-5-6-17(11)7-9/h3-4,8-9H,5-7H2,1-2H3,(H,14,18)(H,15,16). The van der Waals surface area contributed by atoms with Crippen molar-refractivity contribution in [2.75, 3.05) is 23.3 Å². The molecule has 18 heavy (non-hydrogen) atoms. The van der Waals surface area contributed by atoms with Gasteiger partial charge in [-0.1, -0.05) is 0 Å². The van der Waals surface area contributed by atoms with E-state index in [-0.39, 0.29) is 11.9 Å². The van der Waals surface area contributed by atoms with Crippen LogP contribution in [0.4, 0.5) is 11.5 Å². The van der Waals surface area contributed by atoms with Crippen LogP contribution in [0, 0.1) is 0 Å². The molecule has 2 aliphatic rings. The number of hydrogen-bond acceptors (Lipinski definition) is 4. The molecule has 1 amide bonds. The van der Waals surface area contributed by atoms with Gasteiger partial charge < -0.3 is 15.5 Å². The molecule has 5 nitrogen and oxygen atoms in total. The van der Waals surface area contributed by atoms with Crippen LogP contribution in [-0.4, -0.2) is 36.1 Å². The number of nitrogens with zero attached hydrogens (tertiary/aromatic N) is 2. The molecule has 2 bridgehead atoms. The van der Waals surface area contributed by atoms with E-state index in [1.807, 2.05) is 19.9 Å². The smallest absolute Gasteiger partial charge is 0.270 e. The molecule has 1 atom stereocenters. The third-order valence-electron chi connectivity index (χ3n) is 3.40. The van der Waals surface area contributed by atoms with E-state index in [0.717, 1.165) is 31.0 Å². The van der Waals surface area contributed by atoms with Crippen molar-refractivity contribution in [3.8, 4) is 0 Å². The molecule has 96 valence electrons. The molecule has 0 radical (unpaired) electrons. The molecule has 1 saturated heterocycles. The molecular weight excluding hydrogens is 228 g/mol. The maximum Gasteiger partial charge on any atom is 0.270 e.